The predicted molar refractivity (Wildman–Crippen MR) is 70.0 cm³/mol. The number of carbonyl (C=O) groups is 1. The molecule has 1 N–H and O–H groups in total. The zero-order valence-corrected chi connectivity index (χ0v) is 10.3. The van der Waals surface area contributed by atoms with Gasteiger partial charge < -0.3 is 5.11 Å². The van der Waals surface area contributed by atoms with E-state index in [2.05, 4.69) is 10.1 Å². The van der Waals surface area contributed by atoms with Gasteiger partial charge in [0.25, 0.3) is 5.56 Å². The van der Waals surface area contributed by atoms with E-state index in [0.717, 1.165) is 14.9 Å². The zero-order valence-electron chi connectivity index (χ0n) is 9.48. The molecule has 0 amide bonds. The zero-order chi connectivity index (χ0) is 13.4. The summed E-state index contributed by atoms with van der Waals surface area (Å²) >= 11 is 1.28. The molecule has 2 aromatic heterocycles. The maximum Gasteiger partial charge on any atom is 0.356 e. The molecule has 0 bridgehead atoms. The molecule has 94 valence electrons. The molecular weight excluding hydrogens is 266 g/mol. The first-order chi connectivity index (χ1) is 9.15. The third kappa shape index (κ3) is 2.00. The Hall–Kier alpha value is -2.54. The van der Waals surface area contributed by atoms with Gasteiger partial charge in [-0.1, -0.05) is 23.5 Å². The second kappa shape index (κ2) is 4.29. The van der Waals surface area contributed by atoms with E-state index in [1.54, 1.807) is 0 Å². The average molecular weight is 273 g/mol. The van der Waals surface area contributed by atoms with Crippen molar-refractivity contribution < 1.29 is 9.90 Å². The lowest BCUT2D eigenvalue weighted by Crippen LogP contribution is -2.22. The topological polar surface area (TPSA) is 85.1 Å². The highest BCUT2D eigenvalue weighted by Crippen LogP contribution is 2.22. The van der Waals surface area contributed by atoms with Crippen LogP contribution < -0.4 is 5.56 Å². The van der Waals surface area contributed by atoms with Gasteiger partial charge in [0.2, 0.25) is 5.13 Å². The lowest BCUT2D eigenvalue weighted by molar-refractivity contribution is 0.0688. The van der Waals surface area contributed by atoms with Crippen molar-refractivity contribution in [3.63, 3.8) is 0 Å². The number of thiazole rings is 1. The van der Waals surface area contributed by atoms with Gasteiger partial charge in [-0.15, -0.1) is 0 Å². The van der Waals surface area contributed by atoms with Crippen molar-refractivity contribution in [2.75, 3.05) is 0 Å². The van der Waals surface area contributed by atoms with Gasteiger partial charge in [-0.05, 0) is 18.2 Å². The molecule has 7 heteroatoms. The summed E-state index contributed by atoms with van der Waals surface area (Å²) in [6, 6.07) is 9.75. The van der Waals surface area contributed by atoms with Gasteiger partial charge in [-0.25, -0.2) is 9.78 Å². The number of aromatic nitrogens is 3. The van der Waals surface area contributed by atoms with Crippen LogP contribution in [0.3, 0.4) is 0 Å². The molecule has 0 fully saturated rings. The van der Waals surface area contributed by atoms with Crippen LogP contribution in [0.2, 0.25) is 0 Å². The van der Waals surface area contributed by atoms with Crippen LogP contribution in [0, 0.1) is 0 Å². The number of carboxylic acids is 1. The van der Waals surface area contributed by atoms with Gasteiger partial charge in [0, 0.05) is 6.07 Å². The highest BCUT2D eigenvalue weighted by atomic mass is 32.1. The molecule has 0 atom stereocenters. The molecule has 0 saturated carbocycles. The number of benzene rings is 1. The first-order valence-electron chi connectivity index (χ1n) is 5.35. The van der Waals surface area contributed by atoms with Crippen molar-refractivity contribution in [2.24, 2.45) is 0 Å². The van der Waals surface area contributed by atoms with Crippen LogP contribution in [0.5, 0.6) is 0 Å². The van der Waals surface area contributed by atoms with Crippen LogP contribution in [0.15, 0.2) is 41.2 Å². The Morgan fingerprint density at radius 2 is 2.00 bits per heavy atom. The van der Waals surface area contributed by atoms with E-state index in [1.807, 2.05) is 24.3 Å². The summed E-state index contributed by atoms with van der Waals surface area (Å²) in [6.07, 6.45) is 0. The van der Waals surface area contributed by atoms with E-state index in [4.69, 9.17) is 5.11 Å². The van der Waals surface area contributed by atoms with Gasteiger partial charge in [0.15, 0.2) is 5.69 Å². The molecule has 19 heavy (non-hydrogen) atoms. The van der Waals surface area contributed by atoms with E-state index in [0.29, 0.717) is 5.13 Å². The molecule has 0 radical (unpaired) electrons. The van der Waals surface area contributed by atoms with Crippen molar-refractivity contribution >= 4 is 27.5 Å². The summed E-state index contributed by atoms with van der Waals surface area (Å²) in [5.41, 5.74) is 0.139. The number of carboxylic acid groups (broad SMARTS) is 1. The maximum atomic E-state index is 11.7. The lowest BCUT2D eigenvalue weighted by Gasteiger charge is -1.99. The first-order valence-corrected chi connectivity index (χ1v) is 6.16. The van der Waals surface area contributed by atoms with E-state index >= 15 is 0 Å². The van der Waals surface area contributed by atoms with Gasteiger partial charge >= 0.3 is 5.97 Å². The fourth-order valence-electron chi connectivity index (χ4n) is 1.61. The predicted octanol–water partition coefficient (Wildman–Crippen LogP) is 1.54. The van der Waals surface area contributed by atoms with Crippen LogP contribution >= 0.6 is 11.3 Å². The summed E-state index contributed by atoms with van der Waals surface area (Å²) < 4.78 is 1.92. The van der Waals surface area contributed by atoms with E-state index in [9.17, 15) is 9.59 Å². The quantitative estimate of drug-likeness (QED) is 0.765. The first kappa shape index (κ1) is 11.5. The van der Waals surface area contributed by atoms with Crippen LogP contribution in [-0.2, 0) is 0 Å². The average Bonchev–Trinajstić information content (AvgIpc) is 2.82. The molecule has 3 rings (SSSR count). The third-order valence-corrected chi connectivity index (χ3v) is 3.50. The Kier molecular flexibility index (Phi) is 2.60. The minimum absolute atomic E-state index is 0.196. The fraction of sp³-hybridized carbons (Fsp3) is 0. The smallest absolute Gasteiger partial charge is 0.356 e. The number of hydrogen-bond donors (Lipinski definition) is 1. The van der Waals surface area contributed by atoms with Gasteiger partial charge in [0.05, 0.1) is 10.2 Å². The summed E-state index contributed by atoms with van der Waals surface area (Å²) in [6.45, 7) is 0. The van der Waals surface area contributed by atoms with Crippen molar-refractivity contribution in [3.05, 3.63) is 52.4 Å². The SMILES string of the molecule is O=C(O)c1ccc(=O)n(-c2nc3ccccc3s2)n1. The Balaban J connectivity index is 2.23. The third-order valence-electron chi connectivity index (χ3n) is 2.48. The minimum atomic E-state index is -1.19. The number of nitrogens with zero attached hydrogens (tertiary/aromatic N) is 3. The lowest BCUT2D eigenvalue weighted by atomic mass is 10.3. The molecule has 2 heterocycles. The number of aromatic carboxylic acids is 1. The molecular formula is C12H7N3O3S. The Morgan fingerprint density at radius 1 is 1.21 bits per heavy atom. The number of rotatable bonds is 2. The normalized spacial score (nSPS) is 10.7. The molecule has 0 aliphatic heterocycles. The minimum Gasteiger partial charge on any atom is -0.476 e. The Morgan fingerprint density at radius 3 is 2.74 bits per heavy atom. The fourth-order valence-corrected chi connectivity index (χ4v) is 2.54. The second-order valence-electron chi connectivity index (χ2n) is 3.74. The molecule has 0 aliphatic carbocycles. The molecule has 3 aromatic rings. The number of hydrogen-bond acceptors (Lipinski definition) is 5. The molecule has 1 aromatic carbocycles. The summed E-state index contributed by atoms with van der Waals surface area (Å²) in [4.78, 5) is 26.9. The molecule has 0 spiro atoms. The van der Waals surface area contributed by atoms with Crippen molar-refractivity contribution in [1.29, 1.82) is 0 Å². The summed E-state index contributed by atoms with van der Waals surface area (Å²) in [7, 11) is 0. The van der Waals surface area contributed by atoms with E-state index in [-0.39, 0.29) is 5.69 Å². The highest BCUT2D eigenvalue weighted by Gasteiger charge is 2.11. The van der Waals surface area contributed by atoms with Gasteiger partial charge in [-0.2, -0.15) is 9.78 Å². The number of para-hydroxylation sites is 1. The standard InChI is InChI=1S/C12H7N3O3S/c16-10-6-5-8(11(17)18)14-15(10)12-13-7-3-1-2-4-9(7)19-12/h1-6H,(H,17,18). The summed E-state index contributed by atoms with van der Waals surface area (Å²) in [5, 5.41) is 13.0. The Bertz CT molecular complexity index is 804. The van der Waals surface area contributed by atoms with Gasteiger partial charge in [-0.3, -0.25) is 4.79 Å². The molecule has 0 aliphatic rings. The van der Waals surface area contributed by atoms with Crippen molar-refractivity contribution in [2.45, 2.75) is 0 Å². The molecule has 0 unspecified atom stereocenters. The second-order valence-corrected chi connectivity index (χ2v) is 4.75. The van der Waals surface area contributed by atoms with E-state index < -0.39 is 11.5 Å². The van der Waals surface area contributed by atoms with Crippen LogP contribution in [0.1, 0.15) is 10.5 Å². The van der Waals surface area contributed by atoms with Crippen LogP contribution in [0.4, 0.5) is 0 Å². The van der Waals surface area contributed by atoms with E-state index in [1.165, 1.54) is 23.5 Å². The van der Waals surface area contributed by atoms with Crippen molar-refractivity contribution in [3.8, 4) is 5.13 Å². The Labute approximate surface area is 110 Å². The summed E-state index contributed by atoms with van der Waals surface area (Å²) in [5.74, 6) is -1.19. The molecule has 6 nitrogen and oxygen atoms in total. The van der Waals surface area contributed by atoms with Crippen LogP contribution in [-0.4, -0.2) is 25.8 Å². The maximum absolute atomic E-state index is 11.7. The van der Waals surface area contributed by atoms with Gasteiger partial charge in [0.1, 0.15) is 0 Å². The number of fused-ring (bicyclic) bond motifs is 1. The highest BCUT2D eigenvalue weighted by molar-refractivity contribution is 7.20. The van der Waals surface area contributed by atoms with Crippen molar-refractivity contribution in [1.82, 2.24) is 14.8 Å². The largest absolute Gasteiger partial charge is 0.476 e. The monoisotopic (exact) mass is 273 g/mol. The molecule has 0 saturated heterocycles. The van der Waals surface area contributed by atoms with Crippen LogP contribution in [0.25, 0.3) is 15.3 Å².